The number of rotatable bonds is 11. The van der Waals surface area contributed by atoms with Crippen molar-refractivity contribution in [2.75, 3.05) is 13.2 Å². The zero-order valence-electron chi connectivity index (χ0n) is 19.1. The Hall–Kier alpha value is -1.54. The number of carbonyl (C=O) groups is 2. The van der Waals surface area contributed by atoms with Crippen LogP contribution >= 0.6 is 0 Å². The van der Waals surface area contributed by atoms with Gasteiger partial charge in [-0.3, -0.25) is 9.35 Å². The average molecular weight is 537 g/mol. The standard InChI is InChI=1S/C21H29F5O8S/c1-2-3-5-32-17(28)20(21(24,25)26,33-6-4-19(22,23)35(29,30)31)34-16(27)18-10-13-7-14(11-18)9-15(8-13)12-18/h13-15H,2-12H2,1H3,(H,29,30,31). The summed E-state index contributed by atoms with van der Waals surface area (Å²) in [6, 6.07) is 0. The van der Waals surface area contributed by atoms with Gasteiger partial charge in [0.15, 0.2) is 0 Å². The fourth-order valence-electron chi connectivity index (χ4n) is 5.83. The molecule has 4 saturated carbocycles. The molecule has 4 bridgehead atoms. The van der Waals surface area contributed by atoms with E-state index in [1.165, 1.54) is 0 Å². The molecule has 0 aromatic carbocycles. The molecule has 0 aromatic rings. The number of unbranched alkanes of at least 4 members (excludes halogenated alkanes) is 1. The van der Waals surface area contributed by atoms with E-state index in [0.717, 1.165) is 19.3 Å². The van der Waals surface area contributed by atoms with E-state index in [1.807, 2.05) is 0 Å². The van der Waals surface area contributed by atoms with E-state index in [2.05, 4.69) is 9.47 Å². The lowest BCUT2D eigenvalue weighted by atomic mass is 9.49. The molecule has 4 aliphatic rings. The van der Waals surface area contributed by atoms with E-state index in [9.17, 15) is 40.0 Å². The number of hydrogen-bond donors (Lipinski definition) is 1. The topological polar surface area (TPSA) is 116 Å². The molecule has 0 spiro atoms. The van der Waals surface area contributed by atoms with Crippen LogP contribution in [0.15, 0.2) is 0 Å². The number of halogens is 5. The van der Waals surface area contributed by atoms with Crippen LogP contribution in [0, 0.1) is 23.2 Å². The Balaban J connectivity index is 1.88. The first-order chi connectivity index (χ1) is 16.1. The fourth-order valence-corrected chi connectivity index (χ4v) is 6.17. The van der Waals surface area contributed by atoms with Gasteiger partial charge >= 0.3 is 39.3 Å². The van der Waals surface area contributed by atoms with Crippen molar-refractivity contribution in [1.82, 2.24) is 0 Å². The van der Waals surface area contributed by atoms with E-state index in [4.69, 9.17) is 9.29 Å². The molecule has 0 aliphatic heterocycles. The lowest BCUT2D eigenvalue weighted by Gasteiger charge is -2.55. The van der Waals surface area contributed by atoms with Crippen LogP contribution in [-0.4, -0.2) is 55.3 Å². The number of carbonyl (C=O) groups excluding carboxylic acids is 2. The molecule has 14 heteroatoms. The maximum absolute atomic E-state index is 14.3. The van der Waals surface area contributed by atoms with Crippen LogP contribution in [0.2, 0.25) is 0 Å². The van der Waals surface area contributed by atoms with Crippen LogP contribution in [0.5, 0.6) is 0 Å². The number of ether oxygens (including phenoxy) is 3. The molecule has 1 N–H and O–H groups in total. The first kappa shape index (κ1) is 28.0. The summed E-state index contributed by atoms with van der Waals surface area (Å²) in [5.74, 6) is -7.41. The van der Waals surface area contributed by atoms with Crippen molar-refractivity contribution in [3.8, 4) is 0 Å². The predicted octanol–water partition coefficient (Wildman–Crippen LogP) is 4.24. The number of hydrogen-bond acceptors (Lipinski definition) is 7. The van der Waals surface area contributed by atoms with Gasteiger partial charge in [0.1, 0.15) is 0 Å². The van der Waals surface area contributed by atoms with Crippen LogP contribution < -0.4 is 0 Å². The van der Waals surface area contributed by atoms with Gasteiger partial charge in [0.05, 0.1) is 25.0 Å². The van der Waals surface area contributed by atoms with Gasteiger partial charge < -0.3 is 14.2 Å². The lowest BCUT2D eigenvalue weighted by molar-refractivity contribution is -0.360. The average Bonchev–Trinajstić information content (AvgIpc) is 2.70. The highest BCUT2D eigenvalue weighted by Gasteiger charge is 2.70. The third-order valence-corrected chi connectivity index (χ3v) is 8.12. The third-order valence-electron chi connectivity index (χ3n) is 7.16. The molecule has 202 valence electrons. The highest BCUT2D eigenvalue weighted by molar-refractivity contribution is 7.86. The summed E-state index contributed by atoms with van der Waals surface area (Å²) in [7, 11) is -5.97. The second-order valence-corrected chi connectivity index (χ2v) is 11.4. The lowest BCUT2D eigenvalue weighted by Crippen LogP contribution is -2.61. The molecule has 4 fully saturated rings. The molecule has 0 aromatic heterocycles. The second-order valence-electron chi connectivity index (χ2n) is 9.90. The number of esters is 2. The number of alkyl halides is 5. The molecule has 35 heavy (non-hydrogen) atoms. The third kappa shape index (κ3) is 5.58. The largest absolute Gasteiger partial charge is 0.468 e. The summed E-state index contributed by atoms with van der Waals surface area (Å²) < 4.78 is 114. The summed E-state index contributed by atoms with van der Waals surface area (Å²) in [5.41, 5.74) is -1.25. The first-order valence-electron chi connectivity index (χ1n) is 11.5. The van der Waals surface area contributed by atoms with Crippen LogP contribution in [0.4, 0.5) is 22.0 Å². The van der Waals surface area contributed by atoms with Crippen molar-refractivity contribution < 1.29 is 58.7 Å². The molecule has 4 rings (SSSR count). The normalized spacial score (nSPS) is 30.1. The van der Waals surface area contributed by atoms with E-state index in [1.54, 1.807) is 6.92 Å². The van der Waals surface area contributed by atoms with Gasteiger partial charge in [-0.1, -0.05) is 13.3 Å². The highest BCUT2D eigenvalue weighted by Crippen LogP contribution is 2.61. The molecule has 0 saturated heterocycles. The Labute approximate surface area is 199 Å². The van der Waals surface area contributed by atoms with Gasteiger partial charge in [0.25, 0.3) is 0 Å². The van der Waals surface area contributed by atoms with Crippen molar-refractivity contribution in [2.45, 2.75) is 81.9 Å². The van der Waals surface area contributed by atoms with Gasteiger partial charge in [0.2, 0.25) is 0 Å². The Kier molecular flexibility index (Phi) is 7.79. The zero-order valence-corrected chi connectivity index (χ0v) is 19.9. The Morgan fingerprint density at radius 3 is 1.91 bits per heavy atom. The monoisotopic (exact) mass is 536 g/mol. The van der Waals surface area contributed by atoms with Crippen molar-refractivity contribution in [1.29, 1.82) is 0 Å². The maximum atomic E-state index is 14.3. The van der Waals surface area contributed by atoms with Gasteiger partial charge in [-0.05, 0) is 62.7 Å². The van der Waals surface area contributed by atoms with E-state index in [0.29, 0.717) is 25.7 Å². The molecule has 0 radical (unpaired) electrons. The zero-order chi connectivity index (χ0) is 26.3. The summed E-state index contributed by atoms with van der Waals surface area (Å²) in [5, 5.41) is -4.86. The minimum atomic E-state index is -5.97. The van der Waals surface area contributed by atoms with Crippen LogP contribution in [-0.2, 0) is 33.9 Å². The summed E-state index contributed by atoms with van der Waals surface area (Å²) in [6.45, 7) is -0.498. The summed E-state index contributed by atoms with van der Waals surface area (Å²) in [4.78, 5) is 25.8. The van der Waals surface area contributed by atoms with Crippen LogP contribution in [0.3, 0.4) is 0 Å². The molecular weight excluding hydrogens is 507 g/mol. The van der Waals surface area contributed by atoms with Crippen molar-refractivity contribution in [3.05, 3.63) is 0 Å². The van der Waals surface area contributed by atoms with Gasteiger partial charge in [-0.2, -0.15) is 30.4 Å². The van der Waals surface area contributed by atoms with E-state index < -0.39 is 64.3 Å². The molecule has 0 heterocycles. The molecule has 0 amide bonds. The van der Waals surface area contributed by atoms with Gasteiger partial charge in [0, 0.05) is 0 Å². The van der Waals surface area contributed by atoms with Gasteiger partial charge in [-0.25, -0.2) is 4.79 Å². The molecule has 1 unspecified atom stereocenters. The van der Waals surface area contributed by atoms with Crippen molar-refractivity contribution in [2.24, 2.45) is 23.2 Å². The maximum Gasteiger partial charge on any atom is 0.468 e. The van der Waals surface area contributed by atoms with Gasteiger partial charge in [-0.15, -0.1) is 0 Å². The Morgan fingerprint density at radius 2 is 1.49 bits per heavy atom. The van der Waals surface area contributed by atoms with E-state index in [-0.39, 0.29) is 24.2 Å². The second kappa shape index (κ2) is 9.73. The van der Waals surface area contributed by atoms with Crippen molar-refractivity contribution >= 4 is 22.1 Å². The molecule has 8 nitrogen and oxygen atoms in total. The quantitative estimate of drug-likeness (QED) is 0.137. The minimum Gasteiger partial charge on any atom is -0.461 e. The minimum absolute atomic E-state index is 0.139. The highest BCUT2D eigenvalue weighted by atomic mass is 32.2. The Morgan fingerprint density at radius 1 is 0.971 bits per heavy atom. The van der Waals surface area contributed by atoms with Crippen LogP contribution in [0.25, 0.3) is 0 Å². The predicted molar refractivity (Wildman–Crippen MR) is 108 cm³/mol. The fraction of sp³-hybridized carbons (Fsp3) is 0.905. The molecular formula is C21H29F5O8S. The summed E-state index contributed by atoms with van der Waals surface area (Å²) in [6.07, 6.45) is -3.61. The smallest absolute Gasteiger partial charge is 0.461 e. The van der Waals surface area contributed by atoms with Crippen LogP contribution in [0.1, 0.15) is 64.7 Å². The molecule has 4 aliphatic carbocycles. The SMILES string of the molecule is CCCCOC(=O)C(OCCC(F)(F)S(=O)(=O)O)(OC(=O)C12CC3CC(CC(C3)C1)C2)C(F)(F)F. The van der Waals surface area contributed by atoms with Crippen molar-refractivity contribution in [3.63, 3.8) is 0 Å². The summed E-state index contributed by atoms with van der Waals surface area (Å²) >= 11 is 0. The molecule has 1 atom stereocenters. The first-order valence-corrected chi connectivity index (χ1v) is 13.0. The van der Waals surface area contributed by atoms with E-state index >= 15 is 0 Å². The Bertz CT molecular complexity index is 884.